The first-order chi connectivity index (χ1) is 12.8. The van der Waals surface area contributed by atoms with Crippen molar-refractivity contribution in [3.63, 3.8) is 0 Å². The molecule has 2 unspecified atom stereocenters. The molecule has 1 aromatic heterocycles. The molecule has 2 aliphatic rings. The van der Waals surface area contributed by atoms with E-state index in [-0.39, 0.29) is 37.3 Å². The minimum Gasteiger partial charge on any atom is -0.336 e. The smallest absolute Gasteiger partial charge is 0.336 e. The van der Waals surface area contributed by atoms with Crippen LogP contribution in [0.4, 0.5) is 13.2 Å². The number of nitrogens with zero attached hydrogens (tertiary/aromatic N) is 5. The van der Waals surface area contributed by atoms with Gasteiger partial charge in [-0.15, -0.1) is 10.2 Å². The van der Waals surface area contributed by atoms with Gasteiger partial charge in [0.2, 0.25) is 5.82 Å². The molecule has 0 bridgehead atoms. The highest BCUT2D eigenvalue weighted by Gasteiger charge is 2.48. The van der Waals surface area contributed by atoms with Gasteiger partial charge in [-0.05, 0) is 30.4 Å². The highest BCUT2D eigenvalue weighted by Crippen LogP contribution is 2.33. The minimum atomic E-state index is -4.87. The van der Waals surface area contributed by atoms with Crippen LogP contribution in [0.2, 0.25) is 0 Å². The van der Waals surface area contributed by atoms with E-state index in [2.05, 4.69) is 15.2 Å². The summed E-state index contributed by atoms with van der Waals surface area (Å²) in [6.45, 7) is 0.758. The molecule has 1 aromatic carbocycles. The monoisotopic (exact) mass is 379 g/mol. The Morgan fingerprint density at radius 2 is 1.63 bits per heavy atom. The van der Waals surface area contributed by atoms with Crippen molar-refractivity contribution in [1.29, 1.82) is 0 Å². The maximum atomic E-state index is 12.7. The van der Waals surface area contributed by atoms with Crippen LogP contribution in [-0.4, -0.2) is 69.2 Å². The molecule has 7 nitrogen and oxygen atoms in total. The maximum absolute atomic E-state index is 12.7. The van der Waals surface area contributed by atoms with Crippen LogP contribution in [0.3, 0.4) is 0 Å². The number of fused-ring (bicyclic) bond motifs is 2. The van der Waals surface area contributed by atoms with E-state index >= 15 is 0 Å². The molecule has 0 radical (unpaired) electrons. The summed E-state index contributed by atoms with van der Waals surface area (Å²) in [6.07, 6.45) is -4.33. The van der Waals surface area contributed by atoms with Crippen LogP contribution in [-0.2, 0) is 4.79 Å². The quantitative estimate of drug-likeness (QED) is 0.751. The molecular formula is C17H16F3N5O2. The normalized spacial score (nSPS) is 22.8. The number of benzene rings is 1. The summed E-state index contributed by atoms with van der Waals surface area (Å²) in [5, 5.41) is 7.87. The molecule has 0 N–H and O–H groups in total. The average Bonchev–Trinajstić information content (AvgIpc) is 3.08. The van der Waals surface area contributed by atoms with Gasteiger partial charge < -0.3 is 9.80 Å². The Balaban J connectivity index is 1.47. The van der Waals surface area contributed by atoms with Crippen LogP contribution < -0.4 is 0 Å². The van der Waals surface area contributed by atoms with Gasteiger partial charge in [-0.3, -0.25) is 9.59 Å². The second kappa shape index (κ2) is 6.43. The summed E-state index contributed by atoms with van der Waals surface area (Å²) in [5.41, 5.74) is 1.12. The van der Waals surface area contributed by atoms with Crippen molar-refractivity contribution in [2.75, 3.05) is 26.2 Å². The first-order valence-corrected chi connectivity index (χ1v) is 8.58. The summed E-state index contributed by atoms with van der Waals surface area (Å²) in [5.74, 6) is -2.45. The number of hydrogen-bond donors (Lipinski definition) is 0. The molecule has 0 saturated carbocycles. The van der Waals surface area contributed by atoms with Crippen LogP contribution in [0.15, 0.2) is 24.3 Å². The van der Waals surface area contributed by atoms with Gasteiger partial charge in [-0.1, -0.05) is 12.1 Å². The maximum Gasteiger partial charge on any atom is 0.471 e. The lowest BCUT2D eigenvalue weighted by Gasteiger charge is -2.33. The first-order valence-electron chi connectivity index (χ1n) is 8.58. The van der Waals surface area contributed by atoms with E-state index in [0.717, 1.165) is 4.90 Å². The molecule has 27 heavy (non-hydrogen) atoms. The summed E-state index contributed by atoms with van der Waals surface area (Å²) in [6, 6.07) is 7.03. The Morgan fingerprint density at radius 1 is 0.963 bits per heavy atom. The molecule has 10 heteroatoms. The topological polar surface area (TPSA) is 79.3 Å². The van der Waals surface area contributed by atoms with Crippen LogP contribution in [0.25, 0.3) is 11.0 Å². The molecule has 142 valence electrons. The number of likely N-dealkylation sites (tertiary alicyclic amines) is 2. The average molecular weight is 379 g/mol. The lowest BCUT2D eigenvalue weighted by molar-refractivity contribution is -0.184. The third-order valence-electron chi connectivity index (χ3n) is 5.17. The number of amides is 2. The Kier molecular flexibility index (Phi) is 4.20. The van der Waals surface area contributed by atoms with E-state index in [1.54, 1.807) is 24.3 Å². The van der Waals surface area contributed by atoms with Gasteiger partial charge in [0.15, 0.2) is 0 Å². The Labute approximate surface area is 152 Å². The van der Waals surface area contributed by atoms with Crippen molar-refractivity contribution in [3.8, 4) is 0 Å². The predicted molar refractivity (Wildman–Crippen MR) is 87.5 cm³/mol. The molecule has 0 aliphatic carbocycles. The number of carbonyl (C=O) groups is 2. The zero-order valence-corrected chi connectivity index (χ0v) is 14.2. The molecule has 2 aromatic rings. The Bertz CT molecular complexity index is 904. The second-order valence-electron chi connectivity index (χ2n) is 6.89. The van der Waals surface area contributed by atoms with E-state index in [0.29, 0.717) is 24.0 Å². The van der Waals surface area contributed by atoms with Crippen LogP contribution in [0, 0.1) is 11.8 Å². The van der Waals surface area contributed by atoms with Gasteiger partial charge in [0.05, 0.1) is 5.52 Å². The SMILES string of the molecule is O=C(c1nnc2ccccc2n1)N1CCC2CN(C(=O)C(F)(F)F)CC2C1. The molecule has 2 saturated heterocycles. The molecule has 2 amide bonds. The number of piperidine rings is 1. The van der Waals surface area contributed by atoms with Crippen molar-refractivity contribution in [2.45, 2.75) is 12.6 Å². The predicted octanol–water partition coefficient (Wildman–Crippen LogP) is 1.51. The van der Waals surface area contributed by atoms with Crippen molar-refractivity contribution in [2.24, 2.45) is 11.8 Å². The fourth-order valence-electron chi connectivity index (χ4n) is 3.81. The van der Waals surface area contributed by atoms with Crippen molar-refractivity contribution < 1.29 is 22.8 Å². The molecule has 2 atom stereocenters. The molecule has 2 aliphatic heterocycles. The lowest BCUT2D eigenvalue weighted by atomic mass is 9.88. The van der Waals surface area contributed by atoms with Crippen LogP contribution in [0.1, 0.15) is 17.0 Å². The number of para-hydroxylation sites is 1. The number of hydrogen-bond acceptors (Lipinski definition) is 5. The van der Waals surface area contributed by atoms with E-state index in [9.17, 15) is 22.8 Å². The number of carbonyl (C=O) groups excluding carboxylic acids is 2. The summed E-state index contributed by atoms with van der Waals surface area (Å²) in [4.78, 5) is 30.8. The molecule has 3 heterocycles. The van der Waals surface area contributed by atoms with Gasteiger partial charge in [0.25, 0.3) is 5.91 Å². The third kappa shape index (κ3) is 3.31. The van der Waals surface area contributed by atoms with Gasteiger partial charge in [-0.25, -0.2) is 4.98 Å². The van der Waals surface area contributed by atoms with Crippen molar-refractivity contribution in [3.05, 3.63) is 30.1 Å². The lowest BCUT2D eigenvalue weighted by Crippen LogP contribution is -2.44. The highest BCUT2D eigenvalue weighted by molar-refractivity contribution is 5.92. The second-order valence-corrected chi connectivity index (χ2v) is 6.89. The number of alkyl halides is 3. The number of rotatable bonds is 1. The zero-order chi connectivity index (χ0) is 19.2. The van der Waals surface area contributed by atoms with Gasteiger partial charge in [0, 0.05) is 26.2 Å². The van der Waals surface area contributed by atoms with Crippen molar-refractivity contribution in [1.82, 2.24) is 25.0 Å². The zero-order valence-electron chi connectivity index (χ0n) is 14.2. The fourth-order valence-corrected chi connectivity index (χ4v) is 3.81. The largest absolute Gasteiger partial charge is 0.471 e. The fraction of sp³-hybridized carbons (Fsp3) is 0.471. The van der Waals surface area contributed by atoms with Gasteiger partial charge >= 0.3 is 12.1 Å². The van der Waals surface area contributed by atoms with E-state index < -0.39 is 18.0 Å². The number of halogens is 3. The molecular weight excluding hydrogens is 363 g/mol. The van der Waals surface area contributed by atoms with Gasteiger partial charge in [0.1, 0.15) is 5.52 Å². The summed E-state index contributed by atoms with van der Waals surface area (Å²) in [7, 11) is 0. The number of aromatic nitrogens is 3. The van der Waals surface area contributed by atoms with Gasteiger partial charge in [-0.2, -0.15) is 13.2 Å². The standard InChI is InChI=1S/C17H16F3N5O2/c18-17(19,20)16(27)25-7-10-5-6-24(8-11(10)9-25)15(26)14-21-12-3-1-2-4-13(12)22-23-14/h1-4,10-11H,5-9H2. The minimum absolute atomic E-state index is 0.00359. The molecule has 4 rings (SSSR count). The molecule has 0 spiro atoms. The van der Waals surface area contributed by atoms with E-state index in [1.807, 2.05) is 0 Å². The Morgan fingerprint density at radius 3 is 2.37 bits per heavy atom. The molecule has 2 fully saturated rings. The summed E-state index contributed by atoms with van der Waals surface area (Å²) >= 11 is 0. The Hall–Kier alpha value is -2.78. The van der Waals surface area contributed by atoms with E-state index in [1.165, 1.54) is 4.90 Å². The highest BCUT2D eigenvalue weighted by atomic mass is 19.4. The first kappa shape index (κ1) is 17.6. The third-order valence-corrected chi connectivity index (χ3v) is 5.17. The van der Waals surface area contributed by atoms with Crippen molar-refractivity contribution >= 4 is 22.8 Å². The van der Waals surface area contributed by atoms with E-state index in [4.69, 9.17) is 0 Å². The summed E-state index contributed by atoms with van der Waals surface area (Å²) < 4.78 is 38.0. The van der Waals surface area contributed by atoms with Crippen LogP contribution in [0.5, 0.6) is 0 Å². The van der Waals surface area contributed by atoms with Crippen LogP contribution >= 0.6 is 0 Å².